The SMILES string of the molecule is Cc1cc[nH]c(=O)c1C(=O)N1C[C@@H](C)S[C@@H](C)C1. The Morgan fingerprint density at radius 3 is 2.56 bits per heavy atom. The van der Waals surface area contributed by atoms with Crippen molar-refractivity contribution in [1.82, 2.24) is 9.88 Å². The molecule has 2 heterocycles. The van der Waals surface area contributed by atoms with Gasteiger partial charge >= 0.3 is 0 Å². The predicted molar refractivity (Wildman–Crippen MR) is 74.2 cm³/mol. The highest BCUT2D eigenvalue weighted by Crippen LogP contribution is 2.25. The lowest BCUT2D eigenvalue weighted by Crippen LogP contribution is -2.45. The van der Waals surface area contributed by atoms with Crippen LogP contribution in [0.5, 0.6) is 0 Å². The number of hydrogen-bond acceptors (Lipinski definition) is 3. The molecule has 1 aliphatic rings. The molecule has 0 aromatic carbocycles. The molecule has 98 valence electrons. The quantitative estimate of drug-likeness (QED) is 0.841. The summed E-state index contributed by atoms with van der Waals surface area (Å²) in [6, 6.07) is 1.76. The molecule has 2 rings (SSSR count). The maximum Gasteiger partial charge on any atom is 0.261 e. The number of aromatic amines is 1. The van der Waals surface area contributed by atoms with Gasteiger partial charge in [0, 0.05) is 29.8 Å². The fraction of sp³-hybridized carbons (Fsp3) is 0.538. The number of nitrogens with zero attached hydrogens (tertiary/aromatic N) is 1. The highest BCUT2D eigenvalue weighted by Gasteiger charge is 2.28. The highest BCUT2D eigenvalue weighted by molar-refractivity contribution is 8.00. The normalized spacial score (nSPS) is 24.1. The van der Waals surface area contributed by atoms with Crippen molar-refractivity contribution in [1.29, 1.82) is 0 Å². The number of aromatic nitrogens is 1. The van der Waals surface area contributed by atoms with Crippen LogP contribution >= 0.6 is 11.8 Å². The molecule has 2 atom stereocenters. The summed E-state index contributed by atoms with van der Waals surface area (Å²) < 4.78 is 0. The standard InChI is InChI=1S/C13H18N2O2S/c1-8-4-5-14-12(16)11(8)13(17)15-6-9(2)18-10(3)7-15/h4-5,9-10H,6-7H2,1-3H3,(H,14,16)/t9-,10+. The Labute approximate surface area is 111 Å². The number of hydrogen-bond donors (Lipinski definition) is 1. The van der Waals surface area contributed by atoms with E-state index in [0.29, 0.717) is 23.6 Å². The zero-order valence-electron chi connectivity index (χ0n) is 10.9. The molecule has 1 amide bonds. The molecule has 1 aromatic heterocycles. The second-order valence-electron chi connectivity index (χ2n) is 4.83. The monoisotopic (exact) mass is 266 g/mol. The first-order chi connectivity index (χ1) is 8.49. The first kappa shape index (κ1) is 13.2. The molecule has 0 unspecified atom stereocenters. The smallest absolute Gasteiger partial charge is 0.261 e. The van der Waals surface area contributed by atoms with Crippen molar-refractivity contribution in [2.75, 3.05) is 13.1 Å². The number of rotatable bonds is 1. The van der Waals surface area contributed by atoms with E-state index in [-0.39, 0.29) is 17.0 Å². The van der Waals surface area contributed by atoms with Crippen molar-refractivity contribution in [3.8, 4) is 0 Å². The first-order valence-corrected chi connectivity index (χ1v) is 7.06. The van der Waals surface area contributed by atoms with Gasteiger partial charge in [0.1, 0.15) is 5.56 Å². The van der Waals surface area contributed by atoms with Gasteiger partial charge in [0.25, 0.3) is 11.5 Å². The fourth-order valence-electron chi connectivity index (χ4n) is 2.34. The van der Waals surface area contributed by atoms with Crippen molar-refractivity contribution in [2.24, 2.45) is 0 Å². The molecule has 1 aliphatic heterocycles. The third kappa shape index (κ3) is 2.61. The zero-order valence-corrected chi connectivity index (χ0v) is 11.7. The molecule has 0 aliphatic carbocycles. The molecule has 4 nitrogen and oxygen atoms in total. The summed E-state index contributed by atoms with van der Waals surface area (Å²) in [5.74, 6) is -0.145. The molecule has 18 heavy (non-hydrogen) atoms. The van der Waals surface area contributed by atoms with E-state index in [9.17, 15) is 9.59 Å². The number of carbonyl (C=O) groups excluding carboxylic acids is 1. The Balaban J connectivity index is 2.29. The fourth-order valence-corrected chi connectivity index (χ4v) is 3.67. The van der Waals surface area contributed by atoms with Gasteiger partial charge in [0.05, 0.1) is 0 Å². The number of pyridine rings is 1. The molecule has 5 heteroatoms. The topological polar surface area (TPSA) is 53.2 Å². The molecule has 1 N–H and O–H groups in total. The lowest BCUT2D eigenvalue weighted by molar-refractivity contribution is 0.0750. The maximum atomic E-state index is 12.4. The second-order valence-corrected chi connectivity index (χ2v) is 6.71. The molecule has 1 saturated heterocycles. The average molecular weight is 266 g/mol. The van der Waals surface area contributed by atoms with Crippen molar-refractivity contribution in [2.45, 2.75) is 31.3 Å². The Morgan fingerprint density at radius 2 is 2.00 bits per heavy atom. The number of nitrogens with one attached hydrogen (secondary N) is 1. The van der Waals surface area contributed by atoms with E-state index in [1.165, 1.54) is 0 Å². The largest absolute Gasteiger partial charge is 0.336 e. The molecule has 0 spiro atoms. The lowest BCUT2D eigenvalue weighted by atomic mass is 10.1. The van der Waals surface area contributed by atoms with Gasteiger partial charge in [-0.2, -0.15) is 11.8 Å². The summed E-state index contributed by atoms with van der Waals surface area (Å²) in [6.45, 7) is 7.45. The van der Waals surface area contributed by atoms with Crippen LogP contribution in [0.1, 0.15) is 29.8 Å². The first-order valence-electron chi connectivity index (χ1n) is 6.12. The summed E-state index contributed by atoms with van der Waals surface area (Å²) in [5.41, 5.74) is 0.726. The van der Waals surface area contributed by atoms with Crippen LogP contribution in [0.25, 0.3) is 0 Å². The van der Waals surface area contributed by atoms with Crippen LogP contribution in [0.3, 0.4) is 0 Å². The third-order valence-electron chi connectivity index (χ3n) is 3.09. The van der Waals surface area contributed by atoms with E-state index in [1.807, 2.05) is 11.8 Å². The van der Waals surface area contributed by atoms with Crippen molar-refractivity contribution < 1.29 is 4.79 Å². The minimum atomic E-state index is -0.293. The predicted octanol–water partition coefficient (Wildman–Crippen LogP) is 1.65. The van der Waals surface area contributed by atoms with Gasteiger partial charge in [-0.05, 0) is 18.6 Å². The summed E-state index contributed by atoms with van der Waals surface area (Å²) in [6.07, 6.45) is 1.58. The summed E-state index contributed by atoms with van der Waals surface area (Å²) in [4.78, 5) is 28.6. The Morgan fingerprint density at radius 1 is 1.39 bits per heavy atom. The van der Waals surface area contributed by atoms with Crippen molar-refractivity contribution >= 4 is 17.7 Å². The Bertz CT molecular complexity index is 502. The molecule has 0 saturated carbocycles. The van der Waals surface area contributed by atoms with E-state index in [0.717, 1.165) is 5.56 Å². The summed E-state index contributed by atoms with van der Waals surface area (Å²) >= 11 is 1.89. The minimum absolute atomic E-state index is 0.145. The van der Waals surface area contributed by atoms with Gasteiger partial charge in [-0.15, -0.1) is 0 Å². The molecular weight excluding hydrogens is 248 g/mol. The van der Waals surface area contributed by atoms with E-state index in [4.69, 9.17) is 0 Å². The Hall–Kier alpha value is -1.23. The van der Waals surface area contributed by atoms with Crippen LogP contribution in [0, 0.1) is 6.92 Å². The number of carbonyl (C=O) groups is 1. The van der Waals surface area contributed by atoms with Gasteiger partial charge in [-0.1, -0.05) is 13.8 Å². The van der Waals surface area contributed by atoms with E-state index in [1.54, 1.807) is 24.1 Å². The van der Waals surface area contributed by atoms with E-state index >= 15 is 0 Å². The van der Waals surface area contributed by atoms with Gasteiger partial charge in [0.15, 0.2) is 0 Å². The number of aryl methyl sites for hydroxylation is 1. The van der Waals surface area contributed by atoms with Gasteiger partial charge in [-0.3, -0.25) is 9.59 Å². The van der Waals surface area contributed by atoms with Crippen LogP contribution in [0.2, 0.25) is 0 Å². The average Bonchev–Trinajstić information content (AvgIpc) is 2.27. The van der Waals surface area contributed by atoms with Gasteiger partial charge in [-0.25, -0.2) is 0 Å². The molecule has 1 fully saturated rings. The molecular formula is C13H18N2O2S. The maximum absolute atomic E-state index is 12.4. The lowest BCUT2D eigenvalue weighted by Gasteiger charge is -2.34. The second kappa shape index (κ2) is 5.18. The van der Waals surface area contributed by atoms with E-state index in [2.05, 4.69) is 18.8 Å². The minimum Gasteiger partial charge on any atom is -0.336 e. The molecule has 1 aromatic rings. The van der Waals surface area contributed by atoms with Crippen LogP contribution in [-0.2, 0) is 0 Å². The third-order valence-corrected chi connectivity index (χ3v) is 4.32. The van der Waals surface area contributed by atoms with E-state index < -0.39 is 0 Å². The summed E-state index contributed by atoms with van der Waals surface area (Å²) in [5, 5.41) is 0.835. The van der Waals surface area contributed by atoms with Crippen LogP contribution < -0.4 is 5.56 Å². The summed E-state index contributed by atoms with van der Waals surface area (Å²) in [7, 11) is 0. The Kier molecular flexibility index (Phi) is 3.80. The number of H-pyrrole nitrogens is 1. The van der Waals surface area contributed by atoms with Crippen molar-refractivity contribution in [3.63, 3.8) is 0 Å². The number of thioether (sulfide) groups is 1. The van der Waals surface area contributed by atoms with Crippen LogP contribution in [-0.4, -0.2) is 39.4 Å². The van der Waals surface area contributed by atoms with Crippen LogP contribution in [0.15, 0.2) is 17.1 Å². The zero-order chi connectivity index (χ0) is 13.3. The van der Waals surface area contributed by atoms with Crippen LogP contribution in [0.4, 0.5) is 0 Å². The highest BCUT2D eigenvalue weighted by atomic mass is 32.2. The number of amides is 1. The molecule has 0 radical (unpaired) electrons. The van der Waals surface area contributed by atoms with Gasteiger partial charge < -0.3 is 9.88 Å². The molecule has 0 bridgehead atoms. The van der Waals surface area contributed by atoms with Gasteiger partial charge in [0.2, 0.25) is 0 Å². The van der Waals surface area contributed by atoms with Crippen molar-refractivity contribution in [3.05, 3.63) is 33.7 Å².